The van der Waals surface area contributed by atoms with Crippen molar-refractivity contribution in [3.8, 4) is 5.75 Å². The minimum Gasteiger partial charge on any atom is -0.490 e. The van der Waals surface area contributed by atoms with Crippen LogP contribution >= 0.6 is 24.0 Å². The third-order valence-corrected chi connectivity index (χ3v) is 5.26. The van der Waals surface area contributed by atoms with E-state index in [2.05, 4.69) is 64.5 Å². The van der Waals surface area contributed by atoms with Gasteiger partial charge in [-0.15, -0.1) is 24.0 Å². The van der Waals surface area contributed by atoms with Gasteiger partial charge in [-0.25, -0.2) is 0 Å². The molecule has 0 spiro atoms. The van der Waals surface area contributed by atoms with Gasteiger partial charge in [0.2, 0.25) is 0 Å². The Labute approximate surface area is 192 Å². The van der Waals surface area contributed by atoms with Crippen molar-refractivity contribution in [3.05, 3.63) is 66.2 Å². The number of ether oxygens (including phenoxy) is 1. The lowest BCUT2D eigenvalue weighted by molar-refractivity contribution is 0.129. The zero-order valence-electron chi connectivity index (χ0n) is 17.6. The summed E-state index contributed by atoms with van der Waals surface area (Å²) in [5.74, 6) is 1.93. The monoisotopic (exact) mass is 508 g/mol. The Bertz CT molecular complexity index is 731. The van der Waals surface area contributed by atoms with E-state index in [4.69, 9.17) is 4.74 Å². The van der Waals surface area contributed by atoms with Crippen LogP contribution in [0.2, 0.25) is 0 Å². The highest BCUT2D eigenvalue weighted by Gasteiger charge is 2.23. The molecule has 1 heterocycles. The molecule has 1 aliphatic heterocycles. The lowest BCUT2D eigenvalue weighted by Crippen LogP contribution is -2.49. The molecule has 0 radical (unpaired) electrons. The van der Waals surface area contributed by atoms with Crippen LogP contribution in [-0.4, -0.2) is 62.6 Å². The molecular weight excluding hydrogens is 475 g/mol. The predicted octanol–water partition coefficient (Wildman–Crippen LogP) is 4.03. The second-order valence-corrected chi connectivity index (χ2v) is 7.44. The number of nitrogens with zero attached hydrogens (tertiary/aromatic N) is 3. The van der Waals surface area contributed by atoms with Gasteiger partial charge in [0.25, 0.3) is 0 Å². The lowest BCUT2D eigenvalue weighted by Gasteiger charge is -2.35. The van der Waals surface area contributed by atoms with E-state index in [1.807, 2.05) is 37.4 Å². The van der Waals surface area contributed by atoms with E-state index in [9.17, 15) is 0 Å². The van der Waals surface area contributed by atoms with Crippen molar-refractivity contribution in [2.45, 2.75) is 25.0 Å². The zero-order valence-corrected chi connectivity index (χ0v) is 20.0. The summed E-state index contributed by atoms with van der Waals surface area (Å²) in [6.07, 6.45) is 2.28. The summed E-state index contributed by atoms with van der Waals surface area (Å²) in [4.78, 5) is 9.10. The van der Waals surface area contributed by atoms with Crippen molar-refractivity contribution in [1.82, 2.24) is 15.1 Å². The van der Waals surface area contributed by atoms with Crippen LogP contribution in [-0.2, 0) is 0 Å². The predicted molar refractivity (Wildman–Crippen MR) is 131 cm³/mol. The minimum atomic E-state index is 0. The van der Waals surface area contributed by atoms with Crippen LogP contribution in [0.4, 0.5) is 0 Å². The summed E-state index contributed by atoms with van der Waals surface area (Å²) in [6.45, 7) is 2.73. The third kappa shape index (κ3) is 6.89. The molecule has 0 amide bonds. The molecule has 1 N–H and O–H groups in total. The quantitative estimate of drug-likeness (QED) is 0.364. The maximum Gasteiger partial charge on any atom is 0.193 e. The number of likely N-dealkylation sites (tertiary alicyclic amines) is 1. The van der Waals surface area contributed by atoms with Gasteiger partial charge in [-0.3, -0.25) is 4.99 Å². The number of hydrogen-bond acceptors (Lipinski definition) is 3. The SMILES string of the molecule is CN=C(NCC(c1ccccc1)N(C)C)N1CCC(Oc2ccccc2)CC1.I. The van der Waals surface area contributed by atoms with Gasteiger partial charge in [0.15, 0.2) is 5.96 Å². The Hall–Kier alpha value is -1.80. The molecule has 1 aliphatic rings. The molecule has 2 aromatic carbocycles. The number of nitrogens with one attached hydrogen (secondary N) is 1. The fourth-order valence-electron chi connectivity index (χ4n) is 3.67. The molecule has 2 aromatic rings. The number of para-hydroxylation sites is 1. The largest absolute Gasteiger partial charge is 0.490 e. The number of rotatable bonds is 6. The van der Waals surface area contributed by atoms with Gasteiger partial charge in [-0.2, -0.15) is 0 Å². The van der Waals surface area contributed by atoms with Gasteiger partial charge >= 0.3 is 0 Å². The Kier molecular flexibility index (Phi) is 9.73. The topological polar surface area (TPSA) is 40.1 Å². The number of aliphatic imine (C=N–C) groups is 1. The first-order valence-corrected chi connectivity index (χ1v) is 10.1. The van der Waals surface area contributed by atoms with Gasteiger partial charge in [0.05, 0.1) is 6.04 Å². The highest BCUT2D eigenvalue weighted by atomic mass is 127. The van der Waals surface area contributed by atoms with E-state index in [0.717, 1.165) is 44.2 Å². The van der Waals surface area contributed by atoms with Crippen molar-refractivity contribution in [2.75, 3.05) is 40.8 Å². The fourth-order valence-corrected chi connectivity index (χ4v) is 3.67. The first-order chi connectivity index (χ1) is 13.7. The number of benzene rings is 2. The fraction of sp³-hybridized carbons (Fsp3) is 0.435. The van der Waals surface area contributed by atoms with E-state index in [1.54, 1.807) is 0 Å². The van der Waals surface area contributed by atoms with Crippen LogP contribution in [0.5, 0.6) is 5.75 Å². The molecule has 1 unspecified atom stereocenters. The summed E-state index contributed by atoms with van der Waals surface area (Å²) in [7, 11) is 6.10. The normalized spacial score (nSPS) is 16.3. The third-order valence-electron chi connectivity index (χ3n) is 5.26. The van der Waals surface area contributed by atoms with Gasteiger partial charge < -0.3 is 19.9 Å². The van der Waals surface area contributed by atoms with Gasteiger partial charge in [0, 0.05) is 39.5 Å². The molecule has 3 rings (SSSR count). The van der Waals surface area contributed by atoms with Gasteiger partial charge in [-0.05, 0) is 31.8 Å². The number of piperidine rings is 1. The molecule has 5 nitrogen and oxygen atoms in total. The number of halogens is 1. The van der Waals surface area contributed by atoms with E-state index >= 15 is 0 Å². The Morgan fingerprint density at radius 3 is 2.21 bits per heavy atom. The first kappa shape index (κ1) is 23.5. The Balaban J connectivity index is 0.00000300. The van der Waals surface area contributed by atoms with Crippen LogP contribution in [0.15, 0.2) is 65.7 Å². The van der Waals surface area contributed by atoms with Crippen molar-refractivity contribution in [1.29, 1.82) is 0 Å². The molecule has 0 aliphatic carbocycles. The van der Waals surface area contributed by atoms with Gasteiger partial charge in [0.1, 0.15) is 11.9 Å². The number of guanidine groups is 1. The molecule has 29 heavy (non-hydrogen) atoms. The second-order valence-electron chi connectivity index (χ2n) is 7.44. The van der Waals surface area contributed by atoms with Gasteiger partial charge in [-0.1, -0.05) is 48.5 Å². The van der Waals surface area contributed by atoms with E-state index < -0.39 is 0 Å². The maximum atomic E-state index is 6.11. The first-order valence-electron chi connectivity index (χ1n) is 10.1. The smallest absolute Gasteiger partial charge is 0.193 e. The van der Waals surface area contributed by atoms with Crippen LogP contribution < -0.4 is 10.1 Å². The van der Waals surface area contributed by atoms with Crippen LogP contribution in [0.3, 0.4) is 0 Å². The molecular formula is C23H33IN4O. The van der Waals surface area contributed by atoms with E-state index in [0.29, 0.717) is 6.04 Å². The molecule has 6 heteroatoms. The van der Waals surface area contributed by atoms with Crippen molar-refractivity contribution in [3.63, 3.8) is 0 Å². The van der Waals surface area contributed by atoms with Crippen LogP contribution in [0, 0.1) is 0 Å². The molecule has 0 bridgehead atoms. The average Bonchev–Trinajstić information content (AvgIpc) is 2.73. The summed E-state index contributed by atoms with van der Waals surface area (Å²) < 4.78 is 6.11. The second kappa shape index (κ2) is 12.0. The standard InChI is InChI=1S/C23H32N4O.HI/c1-24-23(25-18-22(26(2)3)19-10-6-4-7-11-19)27-16-14-21(15-17-27)28-20-12-8-5-9-13-20;/h4-13,21-22H,14-18H2,1-3H3,(H,24,25);1H. The summed E-state index contributed by atoms with van der Waals surface area (Å²) in [6, 6.07) is 21.0. The maximum absolute atomic E-state index is 6.11. The molecule has 1 atom stereocenters. The lowest BCUT2D eigenvalue weighted by atomic mass is 10.1. The molecule has 0 aromatic heterocycles. The van der Waals surface area contributed by atoms with Crippen LogP contribution in [0.25, 0.3) is 0 Å². The van der Waals surface area contributed by atoms with E-state index in [1.165, 1.54) is 5.56 Å². The molecule has 1 fully saturated rings. The Morgan fingerprint density at radius 1 is 1.07 bits per heavy atom. The minimum absolute atomic E-state index is 0. The van der Waals surface area contributed by atoms with Crippen LogP contribution in [0.1, 0.15) is 24.4 Å². The van der Waals surface area contributed by atoms with E-state index in [-0.39, 0.29) is 30.1 Å². The zero-order chi connectivity index (χ0) is 19.8. The number of likely N-dealkylation sites (N-methyl/N-ethyl adjacent to an activating group) is 1. The molecule has 0 saturated carbocycles. The molecule has 158 valence electrons. The highest BCUT2D eigenvalue weighted by Crippen LogP contribution is 2.20. The summed E-state index contributed by atoms with van der Waals surface area (Å²) >= 11 is 0. The summed E-state index contributed by atoms with van der Waals surface area (Å²) in [5.41, 5.74) is 1.31. The summed E-state index contributed by atoms with van der Waals surface area (Å²) in [5, 5.41) is 3.58. The Morgan fingerprint density at radius 2 is 1.66 bits per heavy atom. The average molecular weight is 508 g/mol. The highest BCUT2D eigenvalue weighted by molar-refractivity contribution is 14.0. The molecule has 1 saturated heterocycles. The van der Waals surface area contributed by atoms with Crippen molar-refractivity contribution < 1.29 is 4.74 Å². The van der Waals surface area contributed by atoms with Crippen molar-refractivity contribution >= 4 is 29.9 Å². The number of hydrogen-bond donors (Lipinski definition) is 1. The van der Waals surface area contributed by atoms with Crippen molar-refractivity contribution in [2.24, 2.45) is 4.99 Å².